The van der Waals surface area contributed by atoms with E-state index in [2.05, 4.69) is 10.1 Å². The summed E-state index contributed by atoms with van der Waals surface area (Å²) >= 11 is 0. The van der Waals surface area contributed by atoms with Crippen LogP contribution in [0.1, 0.15) is 5.82 Å². The van der Waals surface area contributed by atoms with Gasteiger partial charge in [0.2, 0.25) is 0 Å². The van der Waals surface area contributed by atoms with Gasteiger partial charge in [-0.3, -0.25) is 0 Å². The van der Waals surface area contributed by atoms with Gasteiger partial charge in [-0.15, -0.1) is 5.10 Å². The van der Waals surface area contributed by atoms with Gasteiger partial charge in [-0.25, -0.2) is 14.1 Å². The van der Waals surface area contributed by atoms with E-state index in [4.69, 9.17) is 11.0 Å². The molecule has 0 fully saturated rings. The molecule has 15 heavy (non-hydrogen) atoms. The van der Waals surface area contributed by atoms with Crippen molar-refractivity contribution in [2.45, 2.75) is 0 Å². The maximum Gasteiger partial charge on any atom is 0.252 e. The number of nitriles is 1. The molecule has 0 bridgehead atoms. The molecule has 0 atom stereocenters. The normalized spacial score (nSPS) is 9.87. The van der Waals surface area contributed by atoms with Crippen LogP contribution in [0.3, 0.4) is 0 Å². The number of hydrogen-bond donors (Lipinski definition) is 1. The van der Waals surface area contributed by atoms with Crippen molar-refractivity contribution in [2.75, 3.05) is 5.73 Å². The summed E-state index contributed by atoms with van der Waals surface area (Å²) in [5.74, 6) is -0.433. The van der Waals surface area contributed by atoms with Crippen LogP contribution in [0.2, 0.25) is 0 Å². The summed E-state index contributed by atoms with van der Waals surface area (Å²) in [7, 11) is 0. The van der Waals surface area contributed by atoms with Gasteiger partial charge >= 0.3 is 0 Å². The molecule has 2 rings (SSSR count). The fraction of sp³-hybridized carbons (Fsp3) is 0. The maximum atomic E-state index is 13.0. The first-order valence-corrected chi connectivity index (χ1v) is 4.07. The Balaban J connectivity index is 2.50. The van der Waals surface area contributed by atoms with Crippen LogP contribution in [0.5, 0.6) is 0 Å². The minimum atomic E-state index is -0.459. The number of benzene rings is 1. The smallest absolute Gasteiger partial charge is 0.252 e. The molecule has 0 aliphatic carbocycles. The van der Waals surface area contributed by atoms with Crippen molar-refractivity contribution in [3.8, 4) is 11.8 Å². The number of halogens is 1. The van der Waals surface area contributed by atoms with Crippen LogP contribution in [-0.4, -0.2) is 14.8 Å². The summed E-state index contributed by atoms with van der Waals surface area (Å²) in [6.07, 6.45) is 1.33. The average Bonchev–Trinajstić information content (AvgIpc) is 2.64. The number of anilines is 1. The third kappa shape index (κ3) is 1.76. The fourth-order valence-electron chi connectivity index (χ4n) is 1.17. The Morgan fingerprint density at radius 3 is 2.80 bits per heavy atom. The molecule has 1 heterocycles. The standard InChI is InChI=1S/C9H6FN5/c10-6-1-7(12)3-8(2-6)15-5-13-9(4-11)14-15/h1-3,5H,12H2. The molecule has 2 aromatic rings. The van der Waals surface area contributed by atoms with Crippen LogP contribution in [-0.2, 0) is 0 Å². The predicted octanol–water partition coefficient (Wildman–Crippen LogP) is 0.860. The first-order valence-electron chi connectivity index (χ1n) is 4.07. The molecule has 6 heteroatoms. The van der Waals surface area contributed by atoms with Crippen molar-refractivity contribution in [1.82, 2.24) is 14.8 Å². The zero-order valence-electron chi connectivity index (χ0n) is 7.55. The predicted molar refractivity (Wildman–Crippen MR) is 50.4 cm³/mol. The van der Waals surface area contributed by atoms with Crippen molar-refractivity contribution in [3.05, 3.63) is 36.2 Å². The SMILES string of the molecule is N#Cc1ncn(-c2cc(N)cc(F)c2)n1. The molecular formula is C9H6FN5. The highest BCUT2D eigenvalue weighted by atomic mass is 19.1. The lowest BCUT2D eigenvalue weighted by Gasteiger charge is -2.01. The van der Waals surface area contributed by atoms with Gasteiger partial charge in [0.25, 0.3) is 5.82 Å². The van der Waals surface area contributed by atoms with E-state index in [1.165, 1.54) is 23.1 Å². The van der Waals surface area contributed by atoms with E-state index in [9.17, 15) is 4.39 Å². The monoisotopic (exact) mass is 203 g/mol. The number of hydrogen-bond acceptors (Lipinski definition) is 4. The molecular weight excluding hydrogens is 197 g/mol. The number of rotatable bonds is 1. The van der Waals surface area contributed by atoms with Crippen LogP contribution in [0.15, 0.2) is 24.5 Å². The van der Waals surface area contributed by atoms with E-state index >= 15 is 0 Å². The summed E-state index contributed by atoms with van der Waals surface area (Å²) in [6, 6.07) is 5.78. The van der Waals surface area contributed by atoms with Gasteiger partial charge in [0.15, 0.2) is 0 Å². The Morgan fingerprint density at radius 2 is 2.20 bits per heavy atom. The zero-order chi connectivity index (χ0) is 10.8. The van der Waals surface area contributed by atoms with Gasteiger partial charge in [0.1, 0.15) is 18.2 Å². The van der Waals surface area contributed by atoms with Crippen LogP contribution in [0.25, 0.3) is 5.69 Å². The summed E-state index contributed by atoms with van der Waals surface area (Å²) in [5, 5.41) is 12.3. The highest BCUT2D eigenvalue weighted by Gasteiger charge is 2.04. The van der Waals surface area contributed by atoms with Gasteiger partial charge < -0.3 is 5.73 Å². The summed E-state index contributed by atoms with van der Waals surface area (Å²) in [4.78, 5) is 3.70. The lowest BCUT2D eigenvalue weighted by atomic mass is 10.3. The lowest BCUT2D eigenvalue weighted by molar-refractivity contribution is 0.626. The molecule has 0 aliphatic heterocycles. The Hall–Kier alpha value is -2.42. The molecule has 74 valence electrons. The van der Waals surface area contributed by atoms with Crippen molar-refractivity contribution >= 4 is 5.69 Å². The Morgan fingerprint density at radius 1 is 1.40 bits per heavy atom. The van der Waals surface area contributed by atoms with Gasteiger partial charge in [0, 0.05) is 5.69 Å². The first-order chi connectivity index (χ1) is 7.19. The maximum absolute atomic E-state index is 13.0. The number of nitrogens with zero attached hydrogens (tertiary/aromatic N) is 4. The van der Waals surface area contributed by atoms with E-state index in [-0.39, 0.29) is 5.82 Å². The molecule has 1 aromatic carbocycles. The number of aromatic nitrogens is 3. The Bertz CT molecular complexity index is 519. The molecule has 0 radical (unpaired) electrons. The summed E-state index contributed by atoms with van der Waals surface area (Å²) in [6.45, 7) is 0. The van der Waals surface area contributed by atoms with E-state index in [0.29, 0.717) is 11.4 Å². The second kappa shape index (κ2) is 3.38. The zero-order valence-corrected chi connectivity index (χ0v) is 7.55. The second-order valence-corrected chi connectivity index (χ2v) is 2.87. The van der Waals surface area contributed by atoms with Gasteiger partial charge in [-0.05, 0) is 18.2 Å². The van der Waals surface area contributed by atoms with E-state index in [1.807, 2.05) is 0 Å². The largest absolute Gasteiger partial charge is 0.399 e. The Kier molecular flexibility index (Phi) is 2.06. The molecule has 0 spiro atoms. The van der Waals surface area contributed by atoms with Crippen LogP contribution >= 0.6 is 0 Å². The molecule has 1 aromatic heterocycles. The number of nitrogen functional groups attached to an aromatic ring is 1. The molecule has 0 amide bonds. The molecule has 0 saturated carbocycles. The molecule has 2 N–H and O–H groups in total. The molecule has 5 nitrogen and oxygen atoms in total. The minimum absolute atomic E-state index is 0.0258. The van der Waals surface area contributed by atoms with Gasteiger partial charge in [-0.1, -0.05) is 0 Å². The van der Waals surface area contributed by atoms with Crippen molar-refractivity contribution in [1.29, 1.82) is 5.26 Å². The van der Waals surface area contributed by atoms with E-state index in [0.717, 1.165) is 0 Å². The van der Waals surface area contributed by atoms with Crippen LogP contribution in [0.4, 0.5) is 10.1 Å². The first kappa shape index (κ1) is 9.15. The van der Waals surface area contributed by atoms with Crippen molar-refractivity contribution in [2.24, 2.45) is 0 Å². The van der Waals surface area contributed by atoms with Gasteiger partial charge in [-0.2, -0.15) is 5.26 Å². The van der Waals surface area contributed by atoms with Crippen molar-refractivity contribution in [3.63, 3.8) is 0 Å². The van der Waals surface area contributed by atoms with Crippen LogP contribution in [0, 0.1) is 17.1 Å². The third-order valence-corrected chi connectivity index (χ3v) is 1.76. The quantitative estimate of drug-likeness (QED) is 0.697. The highest BCUT2D eigenvalue weighted by molar-refractivity contribution is 5.47. The Labute approximate surface area is 84.6 Å². The minimum Gasteiger partial charge on any atom is -0.399 e. The topological polar surface area (TPSA) is 80.5 Å². The highest BCUT2D eigenvalue weighted by Crippen LogP contribution is 2.13. The fourth-order valence-corrected chi connectivity index (χ4v) is 1.17. The average molecular weight is 203 g/mol. The van der Waals surface area contributed by atoms with Gasteiger partial charge in [0.05, 0.1) is 5.69 Å². The second-order valence-electron chi connectivity index (χ2n) is 2.87. The third-order valence-electron chi connectivity index (χ3n) is 1.76. The van der Waals surface area contributed by atoms with Crippen molar-refractivity contribution < 1.29 is 4.39 Å². The summed E-state index contributed by atoms with van der Waals surface area (Å²) in [5.41, 5.74) is 6.19. The molecule has 0 aliphatic rings. The molecule has 0 saturated heterocycles. The summed E-state index contributed by atoms with van der Waals surface area (Å²) < 4.78 is 14.3. The molecule has 0 unspecified atom stereocenters. The lowest BCUT2D eigenvalue weighted by Crippen LogP contribution is -1.98. The van der Waals surface area contributed by atoms with E-state index in [1.54, 1.807) is 12.1 Å². The van der Waals surface area contributed by atoms with Crippen LogP contribution < -0.4 is 5.73 Å². The number of nitrogens with two attached hydrogens (primary N) is 1. The van der Waals surface area contributed by atoms with E-state index < -0.39 is 5.82 Å².